The van der Waals surface area contributed by atoms with E-state index in [1.165, 1.54) is 24.3 Å². The van der Waals surface area contributed by atoms with Gasteiger partial charge in [0.25, 0.3) is 0 Å². The monoisotopic (exact) mass is 334 g/mol. The van der Waals surface area contributed by atoms with Gasteiger partial charge in [-0.1, -0.05) is 50.6 Å². The zero-order chi connectivity index (χ0) is 17.5. The van der Waals surface area contributed by atoms with Crippen LogP contribution in [0.3, 0.4) is 0 Å². The summed E-state index contributed by atoms with van der Waals surface area (Å²) in [4.78, 5) is 12.3. The molecule has 130 valence electrons. The third-order valence-corrected chi connectivity index (χ3v) is 3.51. The molecular weight excluding hydrogens is 313 g/mol. The summed E-state index contributed by atoms with van der Waals surface area (Å²) in [5.74, 6) is -3.61. The Morgan fingerprint density at radius 3 is 2.30 bits per heavy atom. The summed E-state index contributed by atoms with van der Waals surface area (Å²) >= 11 is 0. The molecule has 1 aromatic rings. The molecule has 0 heterocycles. The van der Waals surface area contributed by atoms with Crippen LogP contribution in [-0.2, 0) is 24.8 Å². The number of esters is 1. The van der Waals surface area contributed by atoms with Gasteiger partial charge in [-0.15, -0.1) is 13.2 Å². The van der Waals surface area contributed by atoms with Crippen molar-refractivity contribution in [3.8, 4) is 0 Å². The predicted octanol–water partition coefficient (Wildman–Crippen LogP) is 4.00. The van der Waals surface area contributed by atoms with Gasteiger partial charge in [0.1, 0.15) is 0 Å². The van der Waals surface area contributed by atoms with Gasteiger partial charge in [-0.05, 0) is 12.3 Å². The van der Waals surface area contributed by atoms with E-state index >= 15 is 0 Å². The first kappa shape index (κ1) is 19.4. The molecule has 1 aromatic carbocycles. The topological polar surface area (TPSA) is 44.8 Å². The SMILES string of the molecule is CCC(C)CCOC(=O)[C@@](OC)(OC(F)(F)F)c1ccccc1. The van der Waals surface area contributed by atoms with E-state index in [1.54, 1.807) is 6.07 Å². The minimum Gasteiger partial charge on any atom is -0.461 e. The van der Waals surface area contributed by atoms with E-state index in [4.69, 9.17) is 9.47 Å². The maximum atomic E-state index is 12.8. The molecule has 0 bridgehead atoms. The summed E-state index contributed by atoms with van der Waals surface area (Å²) in [7, 11) is 0.967. The second-order valence-corrected chi connectivity index (χ2v) is 5.17. The number of hydrogen-bond acceptors (Lipinski definition) is 4. The van der Waals surface area contributed by atoms with Gasteiger partial charge >= 0.3 is 18.1 Å². The first-order valence-corrected chi connectivity index (χ1v) is 7.30. The van der Waals surface area contributed by atoms with Crippen LogP contribution >= 0.6 is 0 Å². The van der Waals surface area contributed by atoms with Crippen molar-refractivity contribution in [2.24, 2.45) is 5.92 Å². The standard InChI is InChI=1S/C16H21F3O4/c1-4-12(2)10-11-22-14(20)15(21-3,23-16(17,18)19)13-8-6-5-7-9-13/h5-9,12H,4,10-11H2,1-3H3/t12?,15-/m0/s1. The van der Waals surface area contributed by atoms with Crippen LogP contribution in [0.15, 0.2) is 30.3 Å². The smallest absolute Gasteiger partial charge is 0.461 e. The van der Waals surface area contributed by atoms with E-state index in [-0.39, 0.29) is 12.2 Å². The van der Waals surface area contributed by atoms with Crippen LogP contribution in [0.1, 0.15) is 32.3 Å². The highest BCUT2D eigenvalue weighted by Gasteiger charge is 2.52. The van der Waals surface area contributed by atoms with E-state index in [0.29, 0.717) is 12.3 Å². The molecule has 1 unspecified atom stereocenters. The predicted molar refractivity (Wildman–Crippen MR) is 77.3 cm³/mol. The number of alkyl halides is 3. The van der Waals surface area contributed by atoms with Crippen molar-refractivity contribution in [2.45, 2.75) is 38.8 Å². The van der Waals surface area contributed by atoms with Crippen molar-refractivity contribution in [1.29, 1.82) is 0 Å². The lowest BCUT2D eigenvalue weighted by Crippen LogP contribution is -2.46. The number of benzene rings is 1. The molecule has 4 nitrogen and oxygen atoms in total. The Morgan fingerprint density at radius 2 is 1.83 bits per heavy atom. The summed E-state index contributed by atoms with van der Waals surface area (Å²) < 4.78 is 52.2. The maximum Gasteiger partial charge on any atom is 0.525 e. The number of carbonyl (C=O) groups excluding carboxylic acids is 1. The molecule has 1 rings (SSSR count). The van der Waals surface area contributed by atoms with Gasteiger partial charge in [0.2, 0.25) is 0 Å². The third-order valence-electron chi connectivity index (χ3n) is 3.51. The summed E-state index contributed by atoms with van der Waals surface area (Å²) in [6.07, 6.45) is -3.64. The Kier molecular flexibility index (Phi) is 7.02. The second-order valence-electron chi connectivity index (χ2n) is 5.17. The van der Waals surface area contributed by atoms with Gasteiger partial charge < -0.3 is 9.47 Å². The lowest BCUT2D eigenvalue weighted by molar-refractivity contribution is -0.410. The quantitative estimate of drug-likeness (QED) is 0.532. The fourth-order valence-electron chi connectivity index (χ4n) is 1.93. The van der Waals surface area contributed by atoms with Crippen LogP contribution in [0.4, 0.5) is 13.2 Å². The molecule has 0 radical (unpaired) electrons. The summed E-state index contributed by atoms with van der Waals surface area (Å²) in [6.45, 7) is 3.93. The molecule has 0 aliphatic heterocycles. The number of rotatable bonds is 8. The maximum absolute atomic E-state index is 12.8. The molecule has 0 aromatic heterocycles. The fourth-order valence-corrected chi connectivity index (χ4v) is 1.93. The lowest BCUT2D eigenvalue weighted by Gasteiger charge is -2.30. The van der Waals surface area contributed by atoms with Crippen LogP contribution in [0.5, 0.6) is 0 Å². The molecule has 0 aliphatic carbocycles. The van der Waals surface area contributed by atoms with Crippen molar-refractivity contribution in [1.82, 2.24) is 0 Å². The van der Waals surface area contributed by atoms with Gasteiger partial charge in [0.15, 0.2) is 0 Å². The fraction of sp³-hybridized carbons (Fsp3) is 0.562. The Morgan fingerprint density at radius 1 is 1.22 bits per heavy atom. The highest BCUT2D eigenvalue weighted by molar-refractivity contribution is 5.79. The molecule has 0 aliphatic rings. The molecular formula is C16H21F3O4. The summed E-state index contributed by atoms with van der Waals surface area (Å²) in [5.41, 5.74) is -0.0895. The Balaban J connectivity index is 3.01. The number of ether oxygens (including phenoxy) is 3. The zero-order valence-corrected chi connectivity index (χ0v) is 13.4. The molecule has 7 heteroatoms. The van der Waals surface area contributed by atoms with E-state index in [0.717, 1.165) is 13.5 Å². The Hall–Kier alpha value is -1.60. The number of halogens is 3. The summed E-state index contributed by atoms with van der Waals surface area (Å²) in [6, 6.07) is 7.19. The van der Waals surface area contributed by atoms with E-state index in [9.17, 15) is 18.0 Å². The summed E-state index contributed by atoms with van der Waals surface area (Å²) in [5, 5.41) is 0. The van der Waals surface area contributed by atoms with Crippen LogP contribution in [0.2, 0.25) is 0 Å². The van der Waals surface area contributed by atoms with E-state index < -0.39 is 18.1 Å². The molecule has 0 spiro atoms. The zero-order valence-electron chi connectivity index (χ0n) is 13.4. The van der Waals surface area contributed by atoms with E-state index in [1.807, 2.05) is 13.8 Å². The van der Waals surface area contributed by atoms with E-state index in [2.05, 4.69) is 4.74 Å². The van der Waals surface area contributed by atoms with Crippen molar-refractivity contribution in [2.75, 3.05) is 13.7 Å². The molecule has 0 saturated carbocycles. The second kappa shape index (κ2) is 8.31. The Labute approximate surface area is 133 Å². The minimum absolute atomic E-state index is 0.00694. The molecule has 23 heavy (non-hydrogen) atoms. The van der Waals surface area contributed by atoms with Crippen LogP contribution in [-0.4, -0.2) is 26.0 Å². The first-order chi connectivity index (χ1) is 10.7. The first-order valence-electron chi connectivity index (χ1n) is 7.30. The largest absolute Gasteiger partial charge is 0.525 e. The van der Waals surface area contributed by atoms with Crippen molar-refractivity contribution < 1.29 is 32.2 Å². The Bertz CT molecular complexity index is 490. The number of hydrogen-bond donors (Lipinski definition) is 0. The molecule has 2 atom stereocenters. The van der Waals surface area contributed by atoms with Gasteiger partial charge in [-0.2, -0.15) is 0 Å². The van der Waals surface area contributed by atoms with Crippen LogP contribution in [0.25, 0.3) is 0 Å². The highest BCUT2D eigenvalue weighted by atomic mass is 19.4. The van der Waals surface area contributed by atoms with Crippen molar-refractivity contribution in [3.05, 3.63) is 35.9 Å². The van der Waals surface area contributed by atoms with Crippen LogP contribution < -0.4 is 0 Å². The average Bonchev–Trinajstić information content (AvgIpc) is 2.52. The lowest BCUT2D eigenvalue weighted by atomic mass is 10.1. The third kappa shape index (κ3) is 5.51. The molecule has 0 N–H and O–H groups in total. The minimum atomic E-state index is -5.07. The van der Waals surface area contributed by atoms with Crippen molar-refractivity contribution in [3.63, 3.8) is 0 Å². The van der Waals surface area contributed by atoms with Gasteiger partial charge in [0, 0.05) is 12.7 Å². The van der Waals surface area contributed by atoms with Gasteiger partial charge in [-0.25, -0.2) is 9.53 Å². The average molecular weight is 334 g/mol. The van der Waals surface area contributed by atoms with Gasteiger partial charge in [-0.3, -0.25) is 0 Å². The number of methoxy groups -OCH3 is 1. The van der Waals surface area contributed by atoms with Gasteiger partial charge in [0.05, 0.1) is 6.61 Å². The highest BCUT2D eigenvalue weighted by Crippen LogP contribution is 2.35. The molecule has 0 fully saturated rings. The van der Waals surface area contributed by atoms with Crippen LogP contribution in [0, 0.1) is 5.92 Å². The molecule has 0 saturated heterocycles. The van der Waals surface area contributed by atoms with Crippen molar-refractivity contribution >= 4 is 5.97 Å². The molecule has 0 amide bonds. The number of carbonyl (C=O) groups is 1. The normalized spacial score (nSPS) is 15.7.